The lowest BCUT2D eigenvalue weighted by molar-refractivity contribution is -0.153. The Morgan fingerprint density at radius 1 is 1.10 bits per heavy atom. The SMILES string of the molecule is COc1ccc([C@@H]2[C@@H](CO)OCCN2C(=O)C2Cc3ccccc3C2)cc1OC. The van der Waals surface area contributed by atoms with Gasteiger partial charge in [-0.3, -0.25) is 4.79 Å². The molecule has 1 saturated heterocycles. The molecule has 1 amide bonds. The number of benzene rings is 2. The van der Waals surface area contributed by atoms with Gasteiger partial charge in [0.25, 0.3) is 0 Å². The standard InChI is InChI=1S/C23H27NO5/c1-27-19-8-7-17(13-20(19)28-2)22-21(14-25)29-10-9-24(22)23(26)18-11-15-5-3-4-6-16(15)12-18/h3-8,13,18,21-22,25H,9-12,14H2,1-2H3/t21-,22-/m1/s1. The molecule has 1 heterocycles. The molecule has 0 unspecified atom stereocenters. The molecule has 1 aliphatic heterocycles. The monoisotopic (exact) mass is 397 g/mol. The number of aliphatic hydroxyl groups is 1. The largest absolute Gasteiger partial charge is 0.493 e. The molecule has 6 heteroatoms. The summed E-state index contributed by atoms with van der Waals surface area (Å²) in [6.45, 7) is 0.759. The lowest BCUT2D eigenvalue weighted by Crippen LogP contribution is -2.51. The van der Waals surface area contributed by atoms with E-state index in [1.54, 1.807) is 14.2 Å². The van der Waals surface area contributed by atoms with Gasteiger partial charge in [-0.2, -0.15) is 0 Å². The maximum absolute atomic E-state index is 13.5. The van der Waals surface area contributed by atoms with Crippen LogP contribution < -0.4 is 9.47 Å². The van der Waals surface area contributed by atoms with E-state index in [9.17, 15) is 9.90 Å². The molecule has 0 radical (unpaired) electrons. The van der Waals surface area contributed by atoms with Crippen molar-refractivity contribution in [2.45, 2.75) is 25.0 Å². The normalized spacial score (nSPS) is 21.7. The minimum Gasteiger partial charge on any atom is -0.493 e. The van der Waals surface area contributed by atoms with Crippen LogP contribution in [0.4, 0.5) is 0 Å². The Kier molecular flexibility index (Phi) is 5.74. The molecule has 0 aromatic heterocycles. The molecular formula is C23H27NO5. The Balaban J connectivity index is 1.64. The average Bonchev–Trinajstić information content (AvgIpc) is 3.21. The smallest absolute Gasteiger partial charge is 0.227 e. The minimum absolute atomic E-state index is 0.0764. The Hall–Kier alpha value is -2.57. The van der Waals surface area contributed by atoms with Gasteiger partial charge in [-0.15, -0.1) is 0 Å². The minimum atomic E-state index is -0.477. The summed E-state index contributed by atoms with van der Waals surface area (Å²) in [4.78, 5) is 15.4. The summed E-state index contributed by atoms with van der Waals surface area (Å²) in [6.07, 6.45) is 1.04. The molecule has 1 fully saturated rings. The van der Waals surface area contributed by atoms with E-state index in [1.165, 1.54) is 11.1 Å². The van der Waals surface area contributed by atoms with Gasteiger partial charge >= 0.3 is 0 Å². The average molecular weight is 397 g/mol. The van der Waals surface area contributed by atoms with E-state index in [1.807, 2.05) is 35.2 Å². The zero-order chi connectivity index (χ0) is 20.4. The molecule has 2 aromatic rings. The summed E-state index contributed by atoms with van der Waals surface area (Å²) >= 11 is 0. The lowest BCUT2D eigenvalue weighted by atomic mass is 9.95. The quantitative estimate of drug-likeness (QED) is 0.839. The van der Waals surface area contributed by atoms with E-state index in [0.717, 1.165) is 18.4 Å². The predicted molar refractivity (Wildman–Crippen MR) is 108 cm³/mol. The van der Waals surface area contributed by atoms with Gasteiger partial charge < -0.3 is 24.2 Å². The van der Waals surface area contributed by atoms with Crippen LogP contribution in [0.5, 0.6) is 11.5 Å². The Bertz CT molecular complexity index is 858. The molecule has 2 atom stereocenters. The van der Waals surface area contributed by atoms with Crippen LogP contribution in [-0.4, -0.2) is 56.0 Å². The Morgan fingerprint density at radius 3 is 2.41 bits per heavy atom. The van der Waals surface area contributed by atoms with Crippen molar-refractivity contribution in [2.75, 3.05) is 34.0 Å². The number of fused-ring (bicyclic) bond motifs is 1. The van der Waals surface area contributed by atoms with E-state index in [4.69, 9.17) is 14.2 Å². The first-order valence-corrected chi connectivity index (χ1v) is 9.98. The number of carbonyl (C=O) groups is 1. The van der Waals surface area contributed by atoms with Crippen LogP contribution in [0.2, 0.25) is 0 Å². The van der Waals surface area contributed by atoms with Crippen molar-refractivity contribution in [3.8, 4) is 11.5 Å². The molecule has 154 valence electrons. The predicted octanol–water partition coefficient (Wildman–Crippen LogP) is 2.38. The number of methoxy groups -OCH3 is 2. The molecule has 6 nitrogen and oxygen atoms in total. The molecule has 0 bridgehead atoms. The summed E-state index contributed by atoms with van der Waals surface area (Å²) in [5, 5.41) is 9.94. The second-order valence-electron chi connectivity index (χ2n) is 7.56. The van der Waals surface area contributed by atoms with Crippen LogP contribution in [0.15, 0.2) is 42.5 Å². The van der Waals surface area contributed by atoms with Gasteiger partial charge in [0, 0.05) is 12.5 Å². The highest BCUT2D eigenvalue weighted by Crippen LogP contribution is 2.37. The van der Waals surface area contributed by atoms with Crippen LogP contribution in [0, 0.1) is 5.92 Å². The molecule has 29 heavy (non-hydrogen) atoms. The fraction of sp³-hybridized carbons (Fsp3) is 0.435. The van der Waals surface area contributed by atoms with Gasteiger partial charge in [0.2, 0.25) is 5.91 Å². The summed E-state index contributed by atoms with van der Waals surface area (Å²) in [6, 6.07) is 13.5. The van der Waals surface area contributed by atoms with Crippen molar-refractivity contribution in [3.63, 3.8) is 0 Å². The fourth-order valence-electron chi connectivity index (χ4n) is 4.53. The van der Waals surface area contributed by atoms with Crippen LogP contribution in [-0.2, 0) is 22.4 Å². The van der Waals surface area contributed by atoms with Gasteiger partial charge in [0.1, 0.15) is 6.10 Å². The summed E-state index contributed by atoms with van der Waals surface area (Å²) in [5.41, 5.74) is 3.37. The highest BCUT2D eigenvalue weighted by Gasteiger charge is 2.40. The second kappa shape index (κ2) is 8.43. The van der Waals surface area contributed by atoms with Gasteiger partial charge in [-0.1, -0.05) is 30.3 Å². The van der Waals surface area contributed by atoms with Gasteiger partial charge in [-0.25, -0.2) is 0 Å². The molecule has 1 N–H and O–H groups in total. The van der Waals surface area contributed by atoms with E-state index in [-0.39, 0.29) is 24.5 Å². The Morgan fingerprint density at radius 2 is 1.79 bits per heavy atom. The molecule has 2 aliphatic rings. The third-order valence-corrected chi connectivity index (χ3v) is 5.96. The molecule has 2 aromatic carbocycles. The number of hydrogen-bond acceptors (Lipinski definition) is 5. The first-order chi connectivity index (χ1) is 14.2. The van der Waals surface area contributed by atoms with E-state index < -0.39 is 6.10 Å². The number of rotatable bonds is 5. The van der Waals surface area contributed by atoms with Gasteiger partial charge in [0.05, 0.1) is 33.5 Å². The number of carbonyl (C=O) groups excluding carboxylic acids is 1. The maximum atomic E-state index is 13.5. The summed E-state index contributed by atoms with van der Waals surface area (Å²) < 4.78 is 16.6. The first kappa shape index (κ1) is 19.7. The zero-order valence-corrected chi connectivity index (χ0v) is 16.8. The number of aliphatic hydroxyl groups excluding tert-OH is 1. The number of morpholine rings is 1. The van der Waals surface area contributed by atoms with E-state index >= 15 is 0 Å². The van der Waals surface area contributed by atoms with E-state index in [2.05, 4.69) is 12.1 Å². The van der Waals surface area contributed by atoms with Gasteiger partial charge in [0.15, 0.2) is 11.5 Å². The number of nitrogens with zero attached hydrogens (tertiary/aromatic N) is 1. The summed E-state index contributed by atoms with van der Waals surface area (Å²) in [7, 11) is 3.17. The van der Waals surface area contributed by atoms with Gasteiger partial charge in [-0.05, 0) is 41.7 Å². The molecular weight excluding hydrogens is 370 g/mol. The number of hydrogen-bond donors (Lipinski definition) is 1. The van der Waals surface area contributed by atoms with Crippen molar-refractivity contribution >= 4 is 5.91 Å². The first-order valence-electron chi connectivity index (χ1n) is 9.98. The number of ether oxygens (including phenoxy) is 3. The third kappa shape index (κ3) is 3.70. The highest BCUT2D eigenvalue weighted by atomic mass is 16.5. The highest BCUT2D eigenvalue weighted by molar-refractivity contribution is 5.81. The van der Waals surface area contributed by atoms with Crippen molar-refractivity contribution in [3.05, 3.63) is 59.2 Å². The lowest BCUT2D eigenvalue weighted by Gasteiger charge is -2.42. The van der Waals surface area contributed by atoms with Crippen molar-refractivity contribution in [2.24, 2.45) is 5.92 Å². The molecule has 1 aliphatic carbocycles. The van der Waals surface area contributed by atoms with Crippen LogP contribution in [0.3, 0.4) is 0 Å². The van der Waals surface area contributed by atoms with Crippen LogP contribution in [0.25, 0.3) is 0 Å². The molecule has 4 rings (SSSR count). The summed E-state index contributed by atoms with van der Waals surface area (Å²) in [5.74, 6) is 1.25. The fourth-order valence-corrected chi connectivity index (χ4v) is 4.53. The topological polar surface area (TPSA) is 68.2 Å². The van der Waals surface area contributed by atoms with Crippen LogP contribution >= 0.6 is 0 Å². The third-order valence-electron chi connectivity index (χ3n) is 5.96. The second-order valence-corrected chi connectivity index (χ2v) is 7.56. The number of amides is 1. The van der Waals surface area contributed by atoms with Crippen molar-refractivity contribution in [1.29, 1.82) is 0 Å². The maximum Gasteiger partial charge on any atom is 0.227 e. The molecule has 0 spiro atoms. The Labute approximate surface area is 171 Å². The molecule has 0 saturated carbocycles. The van der Waals surface area contributed by atoms with Crippen molar-refractivity contribution < 1.29 is 24.1 Å². The van der Waals surface area contributed by atoms with Crippen molar-refractivity contribution in [1.82, 2.24) is 4.90 Å². The zero-order valence-electron chi connectivity index (χ0n) is 16.8. The van der Waals surface area contributed by atoms with E-state index in [0.29, 0.717) is 24.7 Å². The van der Waals surface area contributed by atoms with Crippen LogP contribution in [0.1, 0.15) is 22.7 Å².